The third-order valence-electron chi connectivity index (χ3n) is 3.09. The fourth-order valence-electron chi connectivity index (χ4n) is 2.01. The average Bonchev–Trinajstić information content (AvgIpc) is 2.58. The molecule has 0 N–H and O–H groups in total. The third kappa shape index (κ3) is 8.38. The number of esters is 2. The molecule has 0 radical (unpaired) electrons. The second kappa shape index (κ2) is 11.3. The molecule has 0 saturated carbocycles. The van der Waals surface area contributed by atoms with E-state index in [1.54, 1.807) is 6.08 Å². The minimum absolute atomic E-state index is 0.0920. The van der Waals surface area contributed by atoms with Gasteiger partial charge in [-0.25, -0.2) is 4.79 Å². The molecule has 0 aliphatic rings. The number of hydrogen-bond donors (Lipinski definition) is 0. The van der Waals surface area contributed by atoms with Crippen LogP contribution in [0.3, 0.4) is 0 Å². The van der Waals surface area contributed by atoms with E-state index in [2.05, 4.69) is 0 Å². The lowest BCUT2D eigenvalue weighted by Crippen LogP contribution is -2.14. The summed E-state index contributed by atoms with van der Waals surface area (Å²) in [6, 6.07) is 7.33. The Bertz CT molecular complexity index is 572. The Morgan fingerprint density at radius 2 is 1.60 bits per heavy atom. The van der Waals surface area contributed by atoms with Crippen LogP contribution in [0.25, 0.3) is 6.08 Å². The van der Waals surface area contributed by atoms with Gasteiger partial charge in [0.05, 0.1) is 25.7 Å². The first-order valence-electron chi connectivity index (χ1n) is 8.76. The summed E-state index contributed by atoms with van der Waals surface area (Å²) in [6.45, 7) is 8.41. The summed E-state index contributed by atoms with van der Waals surface area (Å²) in [5.41, 5.74) is 1.08. The van der Waals surface area contributed by atoms with E-state index in [1.807, 2.05) is 52.0 Å². The number of carbonyl (C=O) groups is 2. The minimum Gasteiger partial charge on any atom is -0.491 e. The van der Waals surface area contributed by atoms with Gasteiger partial charge in [-0.2, -0.15) is 0 Å². The summed E-state index contributed by atoms with van der Waals surface area (Å²) in [7, 11) is 0. The molecule has 5 heteroatoms. The molecular weight excluding hydrogens is 320 g/mol. The molecule has 0 unspecified atom stereocenters. The Labute approximate surface area is 150 Å². The molecule has 25 heavy (non-hydrogen) atoms. The van der Waals surface area contributed by atoms with Crippen LogP contribution >= 0.6 is 0 Å². The first kappa shape index (κ1) is 20.7. The second-order valence-electron chi connectivity index (χ2n) is 5.94. The van der Waals surface area contributed by atoms with Gasteiger partial charge in [-0.15, -0.1) is 0 Å². The molecule has 0 aromatic heterocycles. The zero-order valence-corrected chi connectivity index (χ0v) is 15.5. The van der Waals surface area contributed by atoms with Crippen molar-refractivity contribution in [2.45, 2.75) is 53.1 Å². The topological polar surface area (TPSA) is 61.8 Å². The van der Waals surface area contributed by atoms with Crippen LogP contribution in [0.15, 0.2) is 29.8 Å². The summed E-state index contributed by atoms with van der Waals surface area (Å²) >= 11 is 0. The van der Waals surface area contributed by atoms with Crippen LogP contribution in [-0.2, 0) is 19.1 Å². The molecule has 0 atom stereocenters. The SMILES string of the molecule is CCCOC(=O)CC(=Cc1ccc(OC(C)C)cc1)C(=O)OCCC. The van der Waals surface area contributed by atoms with E-state index in [0.29, 0.717) is 13.2 Å². The van der Waals surface area contributed by atoms with Gasteiger partial charge in [0.15, 0.2) is 0 Å². The molecule has 0 spiro atoms. The first-order chi connectivity index (χ1) is 12.0. The molecule has 1 aromatic carbocycles. The lowest BCUT2D eigenvalue weighted by Gasteiger charge is -2.10. The van der Waals surface area contributed by atoms with E-state index in [1.165, 1.54) is 0 Å². The summed E-state index contributed by atoms with van der Waals surface area (Å²) in [5, 5.41) is 0. The standard InChI is InChI=1S/C20H28O5/c1-5-11-23-19(21)14-17(20(22)24-12-6-2)13-16-7-9-18(10-8-16)25-15(3)4/h7-10,13,15H,5-6,11-12,14H2,1-4H3. The molecule has 0 amide bonds. The molecule has 0 aliphatic heterocycles. The monoisotopic (exact) mass is 348 g/mol. The molecule has 138 valence electrons. The van der Waals surface area contributed by atoms with Gasteiger partial charge in [0.2, 0.25) is 0 Å². The number of rotatable bonds is 10. The summed E-state index contributed by atoms with van der Waals surface area (Å²) < 4.78 is 15.8. The second-order valence-corrected chi connectivity index (χ2v) is 5.94. The van der Waals surface area contributed by atoms with E-state index >= 15 is 0 Å². The lowest BCUT2D eigenvalue weighted by atomic mass is 10.1. The van der Waals surface area contributed by atoms with Crippen LogP contribution in [0.2, 0.25) is 0 Å². The van der Waals surface area contributed by atoms with E-state index < -0.39 is 11.9 Å². The van der Waals surface area contributed by atoms with Gasteiger partial charge in [0, 0.05) is 5.57 Å². The summed E-state index contributed by atoms with van der Waals surface area (Å²) in [4.78, 5) is 24.1. The maximum absolute atomic E-state index is 12.2. The van der Waals surface area contributed by atoms with Crippen LogP contribution in [0, 0.1) is 0 Å². The molecule has 1 aromatic rings. The molecule has 5 nitrogen and oxygen atoms in total. The Kier molecular flexibility index (Phi) is 9.37. The van der Waals surface area contributed by atoms with Gasteiger partial charge in [-0.1, -0.05) is 26.0 Å². The van der Waals surface area contributed by atoms with Crippen molar-refractivity contribution < 1.29 is 23.8 Å². The number of benzene rings is 1. The van der Waals surface area contributed by atoms with Crippen molar-refractivity contribution in [1.29, 1.82) is 0 Å². The van der Waals surface area contributed by atoms with Crippen molar-refractivity contribution in [3.05, 3.63) is 35.4 Å². The van der Waals surface area contributed by atoms with Gasteiger partial charge < -0.3 is 14.2 Å². The fraction of sp³-hybridized carbons (Fsp3) is 0.500. The van der Waals surface area contributed by atoms with Gasteiger partial charge in [0.1, 0.15) is 5.75 Å². The highest BCUT2D eigenvalue weighted by Gasteiger charge is 2.16. The smallest absolute Gasteiger partial charge is 0.334 e. The molecule has 0 aliphatic carbocycles. The zero-order valence-electron chi connectivity index (χ0n) is 15.5. The highest BCUT2D eigenvalue weighted by atomic mass is 16.5. The molecule has 0 heterocycles. The fourth-order valence-corrected chi connectivity index (χ4v) is 2.01. The van der Waals surface area contributed by atoms with Crippen LogP contribution < -0.4 is 4.74 Å². The predicted molar refractivity (Wildman–Crippen MR) is 97.3 cm³/mol. The molecular formula is C20H28O5. The predicted octanol–water partition coefficient (Wildman–Crippen LogP) is 4.15. The summed E-state index contributed by atoms with van der Waals surface area (Å²) in [5.74, 6) is -0.163. The largest absolute Gasteiger partial charge is 0.491 e. The summed E-state index contributed by atoms with van der Waals surface area (Å²) in [6.07, 6.45) is 3.11. The van der Waals surface area contributed by atoms with Crippen molar-refractivity contribution >= 4 is 18.0 Å². The lowest BCUT2D eigenvalue weighted by molar-refractivity contribution is -0.146. The molecule has 0 saturated heterocycles. The van der Waals surface area contributed by atoms with E-state index in [9.17, 15) is 9.59 Å². The van der Waals surface area contributed by atoms with Crippen molar-refractivity contribution in [1.82, 2.24) is 0 Å². The van der Waals surface area contributed by atoms with Crippen molar-refractivity contribution in [3.8, 4) is 5.75 Å². The van der Waals surface area contributed by atoms with E-state index in [0.717, 1.165) is 24.2 Å². The Morgan fingerprint density at radius 1 is 1.00 bits per heavy atom. The quantitative estimate of drug-likeness (QED) is 0.469. The molecule has 1 rings (SSSR count). The van der Waals surface area contributed by atoms with Crippen LogP contribution in [0.4, 0.5) is 0 Å². The zero-order chi connectivity index (χ0) is 18.7. The van der Waals surface area contributed by atoms with Gasteiger partial charge in [-0.05, 0) is 50.5 Å². The molecule has 0 bridgehead atoms. The van der Waals surface area contributed by atoms with Crippen molar-refractivity contribution in [2.75, 3.05) is 13.2 Å². The normalized spacial score (nSPS) is 11.3. The van der Waals surface area contributed by atoms with Crippen LogP contribution in [0.5, 0.6) is 5.75 Å². The van der Waals surface area contributed by atoms with Crippen molar-refractivity contribution in [2.24, 2.45) is 0 Å². The van der Waals surface area contributed by atoms with Crippen LogP contribution in [-0.4, -0.2) is 31.3 Å². The Balaban J connectivity index is 2.90. The Hall–Kier alpha value is -2.30. The number of hydrogen-bond acceptors (Lipinski definition) is 5. The Morgan fingerprint density at radius 3 is 2.16 bits per heavy atom. The first-order valence-corrected chi connectivity index (χ1v) is 8.76. The van der Waals surface area contributed by atoms with Gasteiger partial charge >= 0.3 is 11.9 Å². The minimum atomic E-state index is -0.488. The highest BCUT2D eigenvalue weighted by molar-refractivity contribution is 5.98. The number of ether oxygens (including phenoxy) is 3. The maximum Gasteiger partial charge on any atom is 0.334 e. The number of carbonyl (C=O) groups excluding carboxylic acids is 2. The third-order valence-corrected chi connectivity index (χ3v) is 3.09. The average molecular weight is 348 g/mol. The molecule has 0 fully saturated rings. The van der Waals surface area contributed by atoms with E-state index in [-0.39, 0.29) is 18.1 Å². The van der Waals surface area contributed by atoms with E-state index in [4.69, 9.17) is 14.2 Å². The van der Waals surface area contributed by atoms with Crippen molar-refractivity contribution in [3.63, 3.8) is 0 Å². The maximum atomic E-state index is 12.2. The van der Waals surface area contributed by atoms with Gasteiger partial charge in [-0.3, -0.25) is 4.79 Å². The van der Waals surface area contributed by atoms with Gasteiger partial charge in [0.25, 0.3) is 0 Å². The van der Waals surface area contributed by atoms with Crippen LogP contribution in [0.1, 0.15) is 52.5 Å². The highest BCUT2D eigenvalue weighted by Crippen LogP contribution is 2.18.